The molecule has 0 saturated carbocycles. The summed E-state index contributed by atoms with van der Waals surface area (Å²) in [5, 5.41) is 3.36. The number of carbonyl (C=O) groups excluding carboxylic acids is 1. The molecule has 0 spiro atoms. The van der Waals surface area contributed by atoms with Gasteiger partial charge in [-0.1, -0.05) is 6.07 Å². The Kier molecular flexibility index (Phi) is 5.53. The van der Waals surface area contributed by atoms with Crippen LogP contribution >= 0.6 is 0 Å². The minimum absolute atomic E-state index is 0.0830. The third kappa shape index (κ3) is 3.85. The highest BCUT2D eigenvalue weighted by Gasteiger charge is 2.11. The molecule has 0 aliphatic rings. The van der Waals surface area contributed by atoms with Crippen molar-refractivity contribution < 1.29 is 4.79 Å². The molecule has 0 unspecified atom stereocenters. The Morgan fingerprint density at radius 3 is 2.41 bits per heavy atom. The Balaban J connectivity index is 2.00. The third-order valence-corrected chi connectivity index (χ3v) is 3.78. The lowest BCUT2D eigenvalue weighted by molar-refractivity contribution is 0.0773. The summed E-state index contributed by atoms with van der Waals surface area (Å²) in [6.07, 6.45) is 1.80. The predicted octanol–water partition coefficient (Wildman–Crippen LogP) is 3.48. The highest BCUT2D eigenvalue weighted by Crippen LogP contribution is 2.13. The summed E-state index contributed by atoms with van der Waals surface area (Å²) < 4.78 is 0. The second-order valence-electron chi connectivity index (χ2n) is 5.16. The molecule has 1 aromatic carbocycles. The maximum absolute atomic E-state index is 12.2. The first kappa shape index (κ1) is 16.0. The van der Waals surface area contributed by atoms with E-state index in [1.165, 1.54) is 5.56 Å². The molecule has 4 heteroatoms. The molecule has 4 nitrogen and oxygen atoms in total. The van der Waals surface area contributed by atoms with E-state index in [-0.39, 0.29) is 5.91 Å². The van der Waals surface area contributed by atoms with E-state index in [0.29, 0.717) is 0 Å². The number of pyridine rings is 1. The molecule has 0 aliphatic carbocycles. The number of benzene rings is 1. The van der Waals surface area contributed by atoms with Crippen LogP contribution in [0.15, 0.2) is 42.6 Å². The summed E-state index contributed by atoms with van der Waals surface area (Å²) in [6, 6.07) is 11.6. The molecule has 1 heterocycles. The molecule has 0 atom stereocenters. The number of amides is 1. The lowest BCUT2D eigenvalue weighted by Gasteiger charge is -2.18. The van der Waals surface area contributed by atoms with Gasteiger partial charge in [-0.05, 0) is 56.7 Å². The van der Waals surface area contributed by atoms with Gasteiger partial charge in [-0.3, -0.25) is 9.78 Å². The van der Waals surface area contributed by atoms with E-state index in [0.717, 1.165) is 36.6 Å². The van der Waals surface area contributed by atoms with Crippen molar-refractivity contribution in [2.24, 2.45) is 0 Å². The Morgan fingerprint density at radius 1 is 1.14 bits per heavy atom. The molecular formula is C18H23N3O. The summed E-state index contributed by atoms with van der Waals surface area (Å²) in [5.41, 5.74) is 3.93. The normalized spacial score (nSPS) is 10.3. The first-order valence-corrected chi connectivity index (χ1v) is 7.69. The fourth-order valence-corrected chi connectivity index (χ4v) is 2.33. The number of aryl methyl sites for hydroxylation is 1. The zero-order chi connectivity index (χ0) is 15.9. The summed E-state index contributed by atoms with van der Waals surface area (Å²) in [5.74, 6) is 0.0830. The molecule has 2 rings (SSSR count). The van der Waals surface area contributed by atoms with Crippen molar-refractivity contribution in [1.82, 2.24) is 9.88 Å². The number of nitrogens with zero attached hydrogens (tertiary/aromatic N) is 2. The predicted molar refractivity (Wildman–Crippen MR) is 90.0 cm³/mol. The van der Waals surface area contributed by atoms with Gasteiger partial charge in [0, 0.05) is 42.8 Å². The Hall–Kier alpha value is -2.36. The molecule has 1 N–H and O–H groups in total. The van der Waals surface area contributed by atoms with Crippen LogP contribution in [-0.4, -0.2) is 28.9 Å². The SMILES string of the molecule is CCN(CC)C(=O)c1ccc(NCc2cccnc2C)cc1. The van der Waals surface area contributed by atoms with Crippen molar-refractivity contribution in [1.29, 1.82) is 0 Å². The second-order valence-corrected chi connectivity index (χ2v) is 5.16. The number of aromatic nitrogens is 1. The molecule has 2 aromatic rings. The lowest BCUT2D eigenvalue weighted by atomic mass is 10.1. The summed E-state index contributed by atoms with van der Waals surface area (Å²) in [7, 11) is 0. The average Bonchev–Trinajstić information content (AvgIpc) is 2.55. The molecular weight excluding hydrogens is 274 g/mol. The van der Waals surface area contributed by atoms with Crippen molar-refractivity contribution >= 4 is 11.6 Å². The third-order valence-electron chi connectivity index (χ3n) is 3.78. The molecule has 116 valence electrons. The topological polar surface area (TPSA) is 45.2 Å². The standard InChI is InChI=1S/C18H23N3O/c1-4-21(5-2)18(22)15-8-10-17(11-9-15)20-13-16-7-6-12-19-14(16)3/h6-12,20H,4-5,13H2,1-3H3. The fraction of sp³-hybridized carbons (Fsp3) is 0.333. The van der Waals surface area contributed by atoms with E-state index in [1.54, 1.807) is 6.20 Å². The molecule has 1 amide bonds. The van der Waals surface area contributed by atoms with E-state index >= 15 is 0 Å². The van der Waals surface area contributed by atoms with Crippen molar-refractivity contribution in [2.75, 3.05) is 18.4 Å². The fourth-order valence-electron chi connectivity index (χ4n) is 2.33. The molecule has 0 fully saturated rings. The van der Waals surface area contributed by atoms with Crippen LogP contribution in [0, 0.1) is 6.92 Å². The summed E-state index contributed by atoms with van der Waals surface area (Å²) >= 11 is 0. The number of hydrogen-bond acceptors (Lipinski definition) is 3. The largest absolute Gasteiger partial charge is 0.381 e. The first-order valence-electron chi connectivity index (χ1n) is 7.69. The van der Waals surface area contributed by atoms with Crippen LogP contribution in [0.5, 0.6) is 0 Å². The first-order chi connectivity index (χ1) is 10.7. The molecule has 1 aromatic heterocycles. The summed E-state index contributed by atoms with van der Waals surface area (Å²) in [4.78, 5) is 18.3. The average molecular weight is 297 g/mol. The number of rotatable bonds is 6. The van der Waals surface area contributed by atoms with Gasteiger partial charge < -0.3 is 10.2 Å². The van der Waals surface area contributed by atoms with Crippen LogP contribution in [0.2, 0.25) is 0 Å². The van der Waals surface area contributed by atoms with Crippen LogP contribution in [0.1, 0.15) is 35.5 Å². The van der Waals surface area contributed by atoms with Crippen LogP contribution in [-0.2, 0) is 6.54 Å². The molecule has 0 aliphatic heterocycles. The molecule has 0 radical (unpaired) electrons. The van der Waals surface area contributed by atoms with E-state index in [4.69, 9.17) is 0 Å². The van der Waals surface area contributed by atoms with Gasteiger partial charge in [0.25, 0.3) is 5.91 Å². The maximum Gasteiger partial charge on any atom is 0.253 e. The zero-order valence-corrected chi connectivity index (χ0v) is 13.5. The van der Waals surface area contributed by atoms with Crippen molar-refractivity contribution in [3.63, 3.8) is 0 Å². The highest BCUT2D eigenvalue weighted by atomic mass is 16.2. The molecule has 0 saturated heterocycles. The van der Waals surface area contributed by atoms with Gasteiger partial charge in [0.2, 0.25) is 0 Å². The molecule has 0 bridgehead atoms. The monoisotopic (exact) mass is 297 g/mol. The quantitative estimate of drug-likeness (QED) is 0.888. The number of hydrogen-bond donors (Lipinski definition) is 1. The van der Waals surface area contributed by atoms with Gasteiger partial charge >= 0.3 is 0 Å². The van der Waals surface area contributed by atoms with Crippen LogP contribution in [0.4, 0.5) is 5.69 Å². The minimum atomic E-state index is 0.0830. The van der Waals surface area contributed by atoms with E-state index in [2.05, 4.69) is 16.4 Å². The van der Waals surface area contributed by atoms with E-state index < -0.39 is 0 Å². The van der Waals surface area contributed by atoms with Crippen LogP contribution in [0.3, 0.4) is 0 Å². The number of nitrogens with one attached hydrogen (secondary N) is 1. The number of anilines is 1. The van der Waals surface area contributed by atoms with Gasteiger partial charge in [-0.15, -0.1) is 0 Å². The zero-order valence-electron chi connectivity index (χ0n) is 13.5. The Bertz CT molecular complexity index is 618. The van der Waals surface area contributed by atoms with Crippen molar-refractivity contribution in [3.05, 3.63) is 59.4 Å². The van der Waals surface area contributed by atoms with Gasteiger partial charge in [0.05, 0.1) is 0 Å². The Labute approximate surface area is 132 Å². The second kappa shape index (κ2) is 7.59. The van der Waals surface area contributed by atoms with Gasteiger partial charge in [0.1, 0.15) is 0 Å². The number of carbonyl (C=O) groups is 1. The highest BCUT2D eigenvalue weighted by molar-refractivity contribution is 5.94. The van der Waals surface area contributed by atoms with E-state index in [9.17, 15) is 4.79 Å². The van der Waals surface area contributed by atoms with Gasteiger partial charge in [-0.25, -0.2) is 0 Å². The van der Waals surface area contributed by atoms with Gasteiger partial charge in [0.15, 0.2) is 0 Å². The van der Waals surface area contributed by atoms with Gasteiger partial charge in [-0.2, -0.15) is 0 Å². The summed E-state index contributed by atoms with van der Waals surface area (Å²) in [6.45, 7) is 8.18. The van der Waals surface area contributed by atoms with E-state index in [1.807, 2.05) is 56.0 Å². The minimum Gasteiger partial charge on any atom is -0.381 e. The van der Waals surface area contributed by atoms with Crippen LogP contribution < -0.4 is 5.32 Å². The molecule has 22 heavy (non-hydrogen) atoms. The maximum atomic E-state index is 12.2. The van der Waals surface area contributed by atoms with Crippen molar-refractivity contribution in [2.45, 2.75) is 27.3 Å². The Morgan fingerprint density at radius 2 is 1.82 bits per heavy atom. The van der Waals surface area contributed by atoms with Crippen LogP contribution in [0.25, 0.3) is 0 Å². The smallest absolute Gasteiger partial charge is 0.253 e. The lowest BCUT2D eigenvalue weighted by Crippen LogP contribution is -2.30. The van der Waals surface area contributed by atoms with Crippen molar-refractivity contribution in [3.8, 4) is 0 Å².